The Hall–Kier alpha value is -0.650. The molecule has 0 aromatic heterocycles. The van der Waals surface area contributed by atoms with Crippen molar-refractivity contribution in [3.8, 4) is 0 Å². The number of likely N-dealkylation sites (N-methyl/N-ethyl adjacent to an activating group) is 1. The van der Waals surface area contributed by atoms with E-state index in [9.17, 15) is 4.79 Å². The van der Waals surface area contributed by atoms with E-state index in [0.717, 1.165) is 26.0 Å². The Balaban J connectivity index is 2.15. The van der Waals surface area contributed by atoms with Gasteiger partial charge in [-0.3, -0.25) is 9.69 Å². The lowest BCUT2D eigenvalue weighted by Crippen LogP contribution is -2.66. The van der Waals surface area contributed by atoms with Crippen molar-refractivity contribution >= 4 is 5.91 Å². The molecule has 0 aromatic rings. The first-order chi connectivity index (χ1) is 8.42. The zero-order chi connectivity index (χ0) is 13.4. The summed E-state index contributed by atoms with van der Waals surface area (Å²) in [5.74, 6) is 0.161. The van der Waals surface area contributed by atoms with Crippen molar-refractivity contribution in [3.05, 3.63) is 0 Å². The fourth-order valence-electron chi connectivity index (χ4n) is 2.88. The lowest BCUT2D eigenvalue weighted by molar-refractivity contribution is -0.129. The number of carbonyl (C=O) groups is 1. The number of rotatable bonds is 5. The van der Waals surface area contributed by atoms with Gasteiger partial charge < -0.3 is 15.8 Å². The summed E-state index contributed by atoms with van der Waals surface area (Å²) in [4.78, 5) is 14.2. The lowest BCUT2D eigenvalue weighted by atomic mass is 9.89. The molecule has 0 radical (unpaired) electrons. The number of hydrogen-bond donors (Lipinski definition) is 2. The van der Waals surface area contributed by atoms with E-state index in [1.165, 1.54) is 0 Å². The maximum absolute atomic E-state index is 11.9. The van der Waals surface area contributed by atoms with Crippen molar-refractivity contribution in [1.29, 1.82) is 0 Å². The maximum Gasteiger partial charge on any atom is 0.239 e. The molecule has 5 heteroatoms. The molecule has 1 amide bonds. The molecule has 1 unspecified atom stereocenters. The van der Waals surface area contributed by atoms with Crippen LogP contribution in [0.15, 0.2) is 0 Å². The van der Waals surface area contributed by atoms with E-state index in [1.807, 2.05) is 7.05 Å². The van der Waals surface area contributed by atoms with Crippen molar-refractivity contribution in [2.45, 2.75) is 37.8 Å². The van der Waals surface area contributed by atoms with Crippen LogP contribution in [0.5, 0.6) is 0 Å². The molecule has 1 atom stereocenters. The van der Waals surface area contributed by atoms with Gasteiger partial charge in [-0.1, -0.05) is 0 Å². The van der Waals surface area contributed by atoms with Crippen LogP contribution in [-0.4, -0.2) is 55.2 Å². The highest BCUT2D eigenvalue weighted by molar-refractivity contribution is 5.86. The molecule has 2 fully saturated rings. The first kappa shape index (κ1) is 13.8. The molecule has 0 aromatic carbocycles. The molecule has 1 saturated carbocycles. The second-order valence-corrected chi connectivity index (χ2v) is 6.15. The van der Waals surface area contributed by atoms with Crippen molar-refractivity contribution in [1.82, 2.24) is 10.2 Å². The van der Waals surface area contributed by atoms with Crippen molar-refractivity contribution in [2.24, 2.45) is 11.7 Å². The van der Waals surface area contributed by atoms with E-state index < -0.39 is 5.54 Å². The first-order valence-electron chi connectivity index (χ1n) is 6.74. The second-order valence-electron chi connectivity index (χ2n) is 6.15. The largest absolute Gasteiger partial charge is 0.378 e. The van der Waals surface area contributed by atoms with Gasteiger partial charge in [0, 0.05) is 18.6 Å². The highest BCUT2D eigenvalue weighted by Crippen LogP contribution is 2.41. The number of carbonyl (C=O) groups excluding carboxylic acids is 1. The number of amides is 1. The van der Waals surface area contributed by atoms with E-state index in [1.54, 1.807) is 0 Å². The maximum atomic E-state index is 11.9. The molecule has 2 aliphatic rings. The number of morpholine rings is 1. The van der Waals surface area contributed by atoms with Gasteiger partial charge in [0.25, 0.3) is 0 Å². The minimum atomic E-state index is -0.575. The van der Waals surface area contributed by atoms with Crippen LogP contribution in [0.4, 0.5) is 0 Å². The zero-order valence-electron chi connectivity index (χ0n) is 11.7. The van der Waals surface area contributed by atoms with Crippen LogP contribution in [0, 0.1) is 5.92 Å². The Labute approximate surface area is 109 Å². The third-order valence-electron chi connectivity index (χ3n) is 4.42. The third-order valence-corrected chi connectivity index (χ3v) is 4.42. The van der Waals surface area contributed by atoms with E-state index in [4.69, 9.17) is 10.5 Å². The number of nitrogens with zero attached hydrogens (tertiary/aromatic N) is 1. The summed E-state index contributed by atoms with van der Waals surface area (Å²) in [6.07, 6.45) is 2.18. The average molecular weight is 255 g/mol. The standard InChI is InChI=1S/C13H25N3O2/c1-12(2)9-18-7-6-16(12)8-13(15-3,11(14)17)10-4-5-10/h10,15H,4-9H2,1-3H3,(H2,14,17). The van der Waals surface area contributed by atoms with Gasteiger partial charge in [0.05, 0.1) is 13.2 Å². The molecule has 1 aliphatic heterocycles. The second kappa shape index (κ2) is 4.79. The molecule has 5 nitrogen and oxygen atoms in total. The summed E-state index contributed by atoms with van der Waals surface area (Å²) in [5.41, 5.74) is 5.06. The van der Waals surface area contributed by atoms with Crippen molar-refractivity contribution in [2.75, 3.05) is 33.4 Å². The van der Waals surface area contributed by atoms with Crippen LogP contribution >= 0.6 is 0 Å². The predicted octanol–water partition coefficient (Wildman–Crippen LogP) is -0.0493. The van der Waals surface area contributed by atoms with Crippen LogP contribution in [0.25, 0.3) is 0 Å². The summed E-state index contributed by atoms with van der Waals surface area (Å²) in [7, 11) is 1.84. The third kappa shape index (κ3) is 2.39. The van der Waals surface area contributed by atoms with Crippen LogP contribution < -0.4 is 11.1 Å². The SMILES string of the molecule is CNC(CN1CCOCC1(C)C)(C(N)=O)C1CC1. The van der Waals surface area contributed by atoms with E-state index in [-0.39, 0.29) is 11.4 Å². The highest BCUT2D eigenvalue weighted by atomic mass is 16.5. The monoisotopic (exact) mass is 255 g/mol. The average Bonchev–Trinajstić information content (AvgIpc) is 3.11. The molecular formula is C13H25N3O2. The van der Waals surface area contributed by atoms with Crippen molar-refractivity contribution in [3.63, 3.8) is 0 Å². The summed E-state index contributed by atoms with van der Waals surface area (Å²) < 4.78 is 5.52. The Bertz CT molecular complexity index is 328. The quantitative estimate of drug-likeness (QED) is 0.723. The molecule has 0 spiro atoms. The molecular weight excluding hydrogens is 230 g/mol. The minimum Gasteiger partial charge on any atom is -0.378 e. The highest BCUT2D eigenvalue weighted by Gasteiger charge is 2.51. The molecule has 0 bridgehead atoms. The molecule has 1 aliphatic carbocycles. The Morgan fingerprint density at radius 2 is 2.22 bits per heavy atom. The Morgan fingerprint density at radius 1 is 1.56 bits per heavy atom. The van der Waals surface area contributed by atoms with E-state index in [0.29, 0.717) is 19.1 Å². The number of hydrogen-bond acceptors (Lipinski definition) is 4. The smallest absolute Gasteiger partial charge is 0.239 e. The summed E-state index contributed by atoms with van der Waals surface area (Å²) in [5, 5.41) is 3.21. The molecule has 1 saturated heterocycles. The van der Waals surface area contributed by atoms with Crippen molar-refractivity contribution < 1.29 is 9.53 Å². The first-order valence-corrected chi connectivity index (χ1v) is 6.74. The van der Waals surface area contributed by atoms with E-state index >= 15 is 0 Å². The van der Waals surface area contributed by atoms with E-state index in [2.05, 4.69) is 24.1 Å². The molecule has 18 heavy (non-hydrogen) atoms. The lowest BCUT2D eigenvalue weighted by Gasteiger charge is -2.46. The fraction of sp³-hybridized carbons (Fsp3) is 0.923. The van der Waals surface area contributed by atoms with Crippen LogP contribution in [0.2, 0.25) is 0 Å². The fourth-order valence-corrected chi connectivity index (χ4v) is 2.88. The van der Waals surface area contributed by atoms with Crippen LogP contribution in [0.1, 0.15) is 26.7 Å². The van der Waals surface area contributed by atoms with Gasteiger partial charge in [-0.2, -0.15) is 0 Å². The molecule has 104 valence electrons. The summed E-state index contributed by atoms with van der Waals surface area (Å²) in [6.45, 7) is 7.28. The summed E-state index contributed by atoms with van der Waals surface area (Å²) in [6, 6.07) is 0. The predicted molar refractivity (Wildman–Crippen MR) is 70.2 cm³/mol. The Kier molecular flexibility index (Phi) is 3.67. The normalized spacial score (nSPS) is 27.7. The van der Waals surface area contributed by atoms with Gasteiger partial charge in [-0.25, -0.2) is 0 Å². The van der Waals surface area contributed by atoms with Gasteiger partial charge >= 0.3 is 0 Å². The molecule has 3 N–H and O–H groups in total. The van der Waals surface area contributed by atoms with Gasteiger partial charge in [-0.05, 0) is 39.7 Å². The summed E-state index contributed by atoms with van der Waals surface area (Å²) >= 11 is 0. The number of nitrogens with one attached hydrogen (secondary N) is 1. The zero-order valence-corrected chi connectivity index (χ0v) is 11.7. The number of ether oxygens (including phenoxy) is 1. The Morgan fingerprint density at radius 3 is 2.67 bits per heavy atom. The van der Waals surface area contributed by atoms with Gasteiger partial charge in [0.15, 0.2) is 0 Å². The van der Waals surface area contributed by atoms with Gasteiger partial charge in [0.2, 0.25) is 5.91 Å². The van der Waals surface area contributed by atoms with Crippen LogP contribution in [0.3, 0.4) is 0 Å². The molecule has 2 rings (SSSR count). The number of primary amides is 1. The topological polar surface area (TPSA) is 67.6 Å². The van der Waals surface area contributed by atoms with Gasteiger partial charge in [0.1, 0.15) is 5.54 Å². The minimum absolute atomic E-state index is 0.0370. The number of nitrogens with two attached hydrogens (primary N) is 1. The molecule has 1 heterocycles. The van der Waals surface area contributed by atoms with Gasteiger partial charge in [-0.15, -0.1) is 0 Å². The van der Waals surface area contributed by atoms with Crippen LogP contribution in [-0.2, 0) is 9.53 Å².